The normalized spacial score (nSPS) is 17.9. The van der Waals surface area contributed by atoms with Gasteiger partial charge in [0.2, 0.25) is 5.16 Å². The van der Waals surface area contributed by atoms with E-state index in [0.717, 1.165) is 19.4 Å². The molecule has 0 amide bonds. The summed E-state index contributed by atoms with van der Waals surface area (Å²) in [6.07, 6.45) is 2.20. The van der Waals surface area contributed by atoms with Crippen LogP contribution in [0.2, 0.25) is 0 Å². The lowest BCUT2D eigenvalue weighted by Gasteiger charge is -2.13. The Balaban J connectivity index is 1.69. The third kappa shape index (κ3) is 4.16. The number of hydrogen-bond acceptors (Lipinski definition) is 8. The van der Waals surface area contributed by atoms with E-state index in [4.69, 9.17) is 14.2 Å². The molecule has 9 heteroatoms. The molecule has 1 aromatic heterocycles. The zero-order chi connectivity index (χ0) is 18.5. The maximum absolute atomic E-state index is 12.8. The van der Waals surface area contributed by atoms with E-state index >= 15 is 0 Å². The minimum atomic E-state index is -0.345. The summed E-state index contributed by atoms with van der Waals surface area (Å²) in [6, 6.07) is 5.15. The van der Waals surface area contributed by atoms with Crippen LogP contribution < -0.4 is 9.47 Å². The molecule has 0 unspecified atom stereocenters. The third-order valence-corrected chi connectivity index (χ3v) is 5.29. The van der Waals surface area contributed by atoms with Crippen LogP contribution >= 0.6 is 11.8 Å². The number of hydrogen-bond donors (Lipinski definition) is 0. The van der Waals surface area contributed by atoms with Gasteiger partial charge in [-0.15, -0.1) is 5.10 Å². The molecule has 26 heavy (non-hydrogen) atoms. The molecule has 1 aromatic carbocycles. The largest absolute Gasteiger partial charge is 0.493 e. The number of carbonyl (C=O) groups is 1. The van der Waals surface area contributed by atoms with Crippen LogP contribution in [0.5, 0.6) is 11.5 Å². The molecule has 0 aliphatic carbocycles. The first kappa shape index (κ1) is 18.7. The van der Waals surface area contributed by atoms with Gasteiger partial charge < -0.3 is 14.2 Å². The Kier molecular flexibility index (Phi) is 6.10. The number of rotatable bonds is 8. The number of tetrazole rings is 1. The summed E-state index contributed by atoms with van der Waals surface area (Å²) in [4.78, 5) is 12.8. The van der Waals surface area contributed by atoms with Crippen molar-refractivity contribution in [3.63, 3.8) is 0 Å². The SMILES string of the molecule is COc1ccc(C(=O)[C@H](C)Sc2nnnn2C[C@H]2CCCO2)cc1OC. The van der Waals surface area contributed by atoms with Crippen molar-refractivity contribution in [3.05, 3.63) is 23.8 Å². The minimum absolute atomic E-state index is 0.0254. The van der Waals surface area contributed by atoms with E-state index in [1.54, 1.807) is 37.1 Å². The average molecular weight is 378 g/mol. The number of ketones is 1. The van der Waals surface area contributed by atoms with E-state index in [1.807, 2.05) is 6.92 Å². The number of methoxy groups -OCH3 is 2. The lowest BCUT2D eigenvalue weighted by Crippen LogP contribution is -2.19. The molecule has 140 valence electrons. The Morgan fingerprint density at radius 1 is 1.38 bits per heavy atom. The van der Waals surface area contributed by atoms with Crippen LogP contribution in [-0.2, 0) is 11.3 Å². The Morgan fingerprint density at radius 3 is 2.88 bits per heavy atom. The summed E-state index contributed by atoms with van der Waals surface area (Å²) in [7, 11) is 3.11. The number of nitrogens with zero attached hydrogens (tertiary/aromatic N) is 4. The highest BCUT2D eigenvalue weighted by atomic mass is 32.2. The van der Waals surface area contributed by atoms with Crippen molar-refractivity contribution in [2.45, 2.75) is 42.8 Å². The van der Waals surface area contributed by atoms with Crippen molar-refractivity contribution >= 4 is 17.5 Å². The van der Waals surface area contributed by atoms with Crippen LogP contribution in [-0.4, -0.2) is 58.2 Å². The predicted octanol–water partition coefficient (Wildman–Crippen LogP) is 2.23. The zero-order valence-corrected chi connectivity index (χ0v) is 15.9. The molecule has 2 heterocycles. The first-order valence-electron chi connectivity index (χ1n) is 8.43. The van der Waals surface area contributed by atoms with Gasteiger partial charge >= 0.3 is 0 Å². The Bertz CT molecular complexity index is 761. The molecule has 0 radical (unpaired) electrons. The molecular weight excluding hydrogens is 356 g/mol. The summed E-state index contributed by atoms with van der Waals surface area (Å²) < 4.78 is 17.8. The molecule has 8 nitrogen and oxygen atoms in total. The second-order valence-corrected chi connectivity index (χ2v) is 7.28. The third-order valence-electron chi connectivity index (χ3n) is 4.22. The van der Waals surface area contributed by atoms with Crippen LogP contribution in [0.15, 0.2) is 23.4 Å². The van der Waals surface area contributed by atoms with E-state index in [-0.39, 0.29) is 17.1 Å². The highest BCUT2D eigenvalue weighted by molar-refractivity contribution is 8.00. The van der Waals surface area contributed by atoms with Crippen molar-refractivity contribution in [3.8, 4) is 11.5 Å². The number of ether oxygens (including phenoxy) is 3. The van der Waals surface area contributed by atoms with Gasteiger partial charge in [-0.2, -0.15) is 0 Å². The molecule has 1 fully saturated rings. The number of thioether (sulfide) groups is 1. The molecule has 1 aliphatic rings. The minimum Gasteiger partial charge on any atom is -0.493 e. The first-order chi connectivity index (χ1) is 12.6. The molecule has 3 rings (SSSR count). The van der Waals surface area contributed by atoms with Gasteiger partial charge in [-0.25, -0.2) is 4.68 Å². The molecule has 1 aliphatic heterocycles. The topological polar surface area (TPSA) is 88.4 Å². The summed E-state index contributed by atoms with van der Waals surface area (Å²) in [6.45, 7) is 3.23. The second-order valence-electron chi connectivity index (χ2n) is 5.97. The highest BCUT2D eigenvalue weighted by Gasteiger charge is 2.23. The van der Waals surface area contributed by atoms with Crippen LogP contribution in [0.1, 0.15) is 30.1 Å². The van der Waals surface area contributed by atoms with E-state index in [0.29, 0.717) is 28.8 Å². The predicted molar refractivity (Wildman–Crippen MR) is 96.0 cm³/mol. The van der Waals surface area contributed by atoms with Gasteiger partial charge in [-0.1, -0.05) is 11.8 Å². The summed E-state index contributed by atoms with van der Waals surface area (Å²) in [5.41, 5.74) is 0.556. The fourth-order valence-corrected chi connectivity index (χ4v) is 3.69. The molecule has 2 aromatic rings. The molecular formula is C17H22N4O4S. The number of carbonyl (C=O) groups excluding carboxylic acids is 1. The van der Waals surface area contributed by atoms with Crippen LogP contribution in [0.3, 0.4) is 0 Å². The van der Waals surface area contributed by atoms with Gasteiger partial charge in [0, 0.05) is 12.2 Å². The summed E-state index contributed by atoms with van der Waals surface area (Å²) in [5, 5.41) is 12.1. The number of Topliss-reactive ketones (excluding diaryl/α,β-unsaturated/α-hetero) is 1. The standard InChI is InChI=1S/C17H22N4O4S/c1-11(16(22)12-6-7-14(23-2)15(9-12)24-3)26-17-18-19-20-21(17)10-13-5-4-8-25-13/h6-7,9,11,13H,4-5,8,10H2,1-3H3/t11-,13+/m0/s1. The van der Waals surface area contributed by atoms with Crippen LogP contribution in [0.25, 0.3) is 0 Å². The van der Waals surface area contributed by atoms with Gasteiger partial charge in [0.1, 0.15) is 0 Å². The Hall–Kier alpha value is -2.13. The van der Waals surface area contributed by atoms with E-state index in [9.17, 15) is 4.79 Å². The van der Waals surface area contributed by atoms with Crippen LogP contribution in [0, 0.1) is 0 Å². The van der Waals surface area contributed by atoms with E-state index in [2.05, 4.69) is 15.5 Å². The van der Waals surface area contributed by atoms with Crippen molar-refractivity contribution in [1.82, 2.24) is 20.2 Å². The Morgan fingerprint density at radius 2 is 2.19 bits per heavy atom. The summed E-state index contributed by atoms with van der Waals surface area (Å²) >= 11 is 1.34. The first-order valence-corrected chi connectivity index (χ1v) is 9.31. The fraction of sp³-hybridized carbons (Fsp3) is 0.529. The Labute approximate surface area is 156 Å². The van der Waals surface area contributed by atoms with Crippen molar-refractivity contribution in [2.75, 3.05) is 20.8 Å². The molecule has 2 atom stereocenters. The van der Waals surface area contributed by atoms with Crippen molar-refractivity contribution in [2.24, 2.45) is 0 Å². The van der Waals surface area contributed by atoms with Gasteiger partial charge in [0.05, 0.1) is 32.1 Å². The highest BCUT2D eigenvalue weighted by Crippen LogP contribution is 2.30. The quantitative estimate of drug-likeness (QED) is 0.510. The lowest BCUT2D eigenvalue weighted by molar-refractivity contribution is 0.0911. The van der Waals surface area contributed by atoms with Gasteiger partial charge in [0.15, 0.2) is 17.3 Å². The number of aromatic nitrogens is 4. The van der Waals surface area contributed by atoms with Gasteiger partial charge in [-0.3, -0.25) is 4.79 Å². The zero-order valence-electron chi connectivity index (χ0n) is 15.0. The average Bonchev–Trinajstić information content (AvgIpc) is 3.33. The molecule has 0 bridgehead atoms. The number of benzene rings is 1. The summed E-state index contributed by atoms with van der Waals surface area (Å²) in [5.74, 6) is 1.09. The van der Waals surface area contributed by atoms with E-state index < -0.39 is 0 Å². The fourth-order valence-electron chi connectivity index (χ4n) is 2.81. The smallest absolute Gasteiger partial charge is 0.210 e. The van der Waals surface area contributed by atoms with Gasteiger partial charge in [-0.05, 0) is 48.4 Å². The maximum atomic E-state index is 12.8. The molecule has 0 saturated carbocycles. The monoisotopic (exact) mass is 378 g/mol. The van der Waals surface area contributed by atoms with Crippen molar-refractivity contribution in [1.29, 1.82) is 0 Å². The van der Waals surface area contributed by atoms with E-state index in [1.165, 1.54) is 11.8 Å². The maximum Gasteiger partial charge on any atom is 0.210 e. The molecule has 1 saturated heterocycles. The lowest BCUT2D eigenvalue weighted by atomic mass is 10.1. The van der Waals surface area contributed by atoms with Crippen LogP contribution in [0.4, 0.5) is 0 Å². The second kappa shape index (κ2) is 8.50. The molecule has 0 spiro atoms. The molecule has 0 N–H and O–H groups in total. The van der Waals surface area contributed by atoms with Crippen molar-refractivity contribution < 1.29 is 19.0 Å². The van der Waals surface area contributed by atoms with Gasteiger partial charge in [0.25, 0.3) is 0 Å².